The highest BCUT2D eigenvalue weighted by molar-refractivity contribution is 6.11. The van der Waals surface area contributed by atoms with E-state index < -0.39 is 5.97 Å². The number of rotatable bonds is 6. The molecule has 0 fully saturated rings. The van der Waals surface area contributed by atoms with Gasteiger partial charge in [-0.05, 0) is 60.2 Å². The number of fused-ring (bicyclic) bond motifs is 1. The molecular formula is C24H18FNO5. The molecule has 0 spiro atoms. The maximum absolute atomic E-state index is 13.3. The van der Waals surface area contributed by atoms with Gasteiger partial charge >= 0.3 is 5.97 Å². The normalized spacial score (nSPS) is 10.8. The van der Waals surface area contributed by atoms with Crippen molar-refractivity contribution in [3.8, 4) is 17.1 Å². The Morgan fingerprint density at radius 1 is 1.06 bits per heavy atom. The van der Waals surface area contributed by atoms with Crippen molar-refractivity contribution in [1.29, 1.82) is 0 Å². The van der Waals surface area contributed by atoms with E-state index in [0.29, 0.717) is 39.2 Å². The van der Waals surface area contributed by atoms with Gasteiger partial charge in [-0.1, -0.05) is 12.1 Å². The van der Waals surface area contributed by atoms with Crippen molar-refractivity contribution in [2.24, 2.45) is 0 Å². The van der Waals surface area contributed by atoms with E-state index in [1.807, 2.05) is 0 Å². The van der Waals surface area contributed by atoms with Gasteiger partial charge in [-0.15, -0.1) is 0 Å². The van der Waals surface area contributed by atoms with E-state index in [0.717, 1.165) is 0 Å². The van der Waals surface area contributed by atoms with Crippen molar-refractivity contribution in [2.75, 3.05) is 7.05 Å². The first-order chi connectivity index (χ1) is 15.0. The lowest BCUT2D eigenvalue weighted by Gasteiger charge is -2.07. The van der Waals surface area contributed by atoms with Gasteiger partial charge in [0.05, 0.1) is 11.1 Å². The van der Waals surface area contributed by atoms with Gasteiger partial charge in [0.15, 0.2) is 0 Å². The van der Waals surface area contributed by atoms with Crippen LogP contribution in [0.15, 0.2) is 71.1 Å². The maximum atomic E-state index is 13.3. The summed E-state index contributed by atoms with van der Waals surface area (Å²) in [5.41, 5.74) is 2.26. The largest absolute Gasteiger partial charge is 0.489 e. The minimum atomic E-state index is -1.01. The fraction of sp³-hybridized carbons (Fsp3) is 0.0833. The molecule has 3 aromatic carbocycles. The number of hydrogen-bond donors (Lipinski definition) is 2. The summed E-state index contributed by atoms with van der Waals surface area (Å²) in [5, 5.41) is 12.3. The number of aromatic carboxylic acids is 1. The topological polar surface area (TPSA) is 88.8 Å². The summed E-state index contributed by atoms with van der Waals surface area (Å²) in [5.74, 6) is -0.913. The molecule has 6 nitrogen and oxygen atoms in total. The van der Waals surface area contributed by atoms with Crippen molar-refractivity contribution in [1.82, 2.24) is 5.32 Å². The first-order valence-corrected chi connectivity index (χ1v) is 9.46. The third-order valence-electron chi connectivity index (χ3n) is 4.80. The second-order valence-corrected chi connectivity index (χ2v) is 6.84. The van der Waals surface area contributed by atoms with E-state index in [9.17, 15) is 14.0 Å². The summed E-state index contributed by atoms with van der Waals surface area (Å²) in [4.78, 5) is 23.7. The Morgan fingerprint density at radius 3 is 2.55 bits per heavy atom. The molecule has 0 atom stereocenters. The number of carbonyl (C=O) groups excluding carboxylic acids is 1. The molecule has 0 aliphatic rings. The SMILES string of the molecule is CNC(=O)c1c(-c2ccc(F)cc2)oc2ccc(OCc3cccc(C(=O)O)c3)cc12. The fourth-order valence-corrected chi connectivity index (χ4v) is 3.28. The first-order valence-electron chi connectivity index (χ1n) is 9.46. The Bertz CT molecular complexity index is 1280. The van der Waals surface area contributed by atoms with Gasteiger partial charge in [0.1, 0.15) is 29.5 Å². The van der Waals surface area contributed by atoms with E-state index in [-0.39, 0.29) is 23.9 Å². The highest BCUT2D eigenvalue weighted by Crippen LogP contribution is 2.35. The zero-order chi connectivity index (χ0) is 22.0. The van der Waals surface area contributed by atoms with Crippen LogP contribution in [0.5, 0.6) is 5.75 Å². The molecular weight excluding hydrogens is 401 g/mol. The van der Waals surface area contributed by atoms with E-state index in [4.69, 9.17) is 14.3 Å². The zero-order valence-electron chi connectivity index (χ0n) is 16.5. The van der Waals surface area contributed by atoms with E-state index in [2.05, 4.69) is 5.32 Å². The van der Waals surface area contributed by atoms with Crippen molar-refractivity contribution >= 4 is 22.8 Å². The van der Waals surface area contributed by atoms with Crippen LogP contribution in [0, 0.1) is 5.82 Å². The molecule has 1 amide bonds. The van der Waals surface area contributed by atoms with Crippen molar-refractivity contribution in [2.45, 2.75) is 6.61 Å². The van der Waals surface area contributed by atoms with Crippen LogP contribution in [0.3, 0.4) is 0 Å². The van der Waals surface area contributed by atoms with Crippen molar-refractivity contribution in [3.05, 3.63) is 89.2 Å². The molecule has 0 radical (unpaired) electrons. The van der Waals surface area contributed by atoms with Gasteiger partial charge in [-0.2, -0.15) is 0 Å². The molecule has 2 N–H and O–H groups in total. The molecule has 0 saturated heterocycles. The third kappa shape index (κ3) is 4.11. The van der Waals surface area contributed by atoms with Crippen LogP contribution in [0.1, 0.15) is 26.3 Å². The number of nitrogens with one attached hydrogen (secondary N) is 1. The summed E-state index contributed by atoms with van der Waals surface area (Å²) < 4.78 is 25.0. The number of hydrogen-bond acceptors (Lipinski definition) is 4. The van der Waals surface area contributed by atoms with Crippen LogP contribution in [0.25, 0.3) is 22.3 Å². The van der Waals surface area contributed by atoms with E-state index >= 15 is 0 Å². The van der Waals surface area contributed by atoms with E-state index in [1.165, 1.54) is 25.2 Å². The number of halogens is 1. The molecule has 4 aromatic rings. The Kier molecular flexibility index (Phi) is 5.41. The Morgan fingerprint density at radius 2 is 1.84 bits per heavy atom. The summed E-state index contributed by atoms with van der Waals surface area (Å²) in [6, 6.07) is 17.3. The molecule has 0 saturated carbocycles. The Balaban J connectivity index is 1.69. The Labute approximate surface area is 176 Å². The molecule has 156 valence electrons. The molecule has 4 rings (SSSR count). The summed E-state index contributed by atoms with van der Waals surface area (Å²) in [6.45, 7) is 0.157. The second-order valence-electron chi connectivity index (χ2n) is 6.84. The molecule has 31 heavy (non-hydrogen) atoms. The minimum Gasteiger partial charge on any atom is -0.489 e. The third-order valence-corrected chi connectivity index (χ3v) is 4.80. The lowest BCUT2D eigenvalue weighted by molar-refractivity contribution is 0.0696. The average molecular weight is 419 g/mol. The number of furan rings is 1. The summed E-state index contributed by atoms with van der Waals surface area (Å²) in [6.07, 6.45) is 0. The quantitative estimate of drug-likeness (QED) is 0.465. The van der Waals surface area contributed by atoms with Gasteiger partial charge in [-0.25, -0.2) is 9.18 Å². The number of carbonyl (C=O) groups is 2. The maximum Gasteiger partial charge on any atom is 0.335 e. The number of carboxylic acids is 1. The molecule has 0 bridgehead atoms. The minimum absolute atomic E-state index is 0.157. The predicted octanol–water partition coefficient (Wildman–Crippen LogP) is 4.88. The van der Waals surface area contributed by atoms with Gasteiger partial charge in [0.25, 0.3) is 5.91 Å². The molecule has 0 unspecified atom stereocenters. The van der Waals surface area contributed by atoms with Gasteiger partial charge in [0.2, 0.25) is 0 Å². The number of amides is 1. The van der Waals surface area contributed by atoms with Crippen LogP contribution in [-0.2, 0) is 6.61 Å². The number of benzene rings is 3. The lowest BCUT2D eigenvalue weighted by atomic mass is 10.0. The van der Waals surface area contributed by atoms with Crippen molar-refractivity contribution < 1.29 is 28.2 Å². The van der Waals surface area contributed by atoms with Gasteiger partial charge in [0, 0.05) is 18.0 Å². The molecule has 0 aliphatic carbocycles. The van der Waals surface area contributed by atoms with Crippen LogP contribution in [0.4, 0.5) is 4.39 Å². The second kappa shape index (κ2) is 8.31. The lowest BCUT2D eigenvalue weighted by Crippen LogP contribution is -2.18. The zero-order valence-corrected chi connectivity index (χ0v) is 16.5. The highest BCUT2D eigenvalue weighted by Gasteiger charge is 2.22. The monoisotopic (exact) mass is 419 g/mol. The number of ether oxygens (including phenoxy) is 1. The fourth-order valence-electron chi connectivity index (χ4n) is 3.28. The standard InChI is InChI=1S/C24H18FNO5/c1-26-23(27)21-19-12-18(30-13-14-3-2-4-16(11-14)24(28)29)9-10-20(19)31-22(21)15-5-7-17(25)8-6-15/h2-12H,13H2,1H3,(H,26,27)(H,28,29). The van der Waals surface area contributed by atoms with Crippen molar-refractivity contribution in [3.63, 3.8) is 0 Å². The van der Waals surface area contributed by atoms with Gasteiger partial charge in [-0.3, -0.25) is 4.79 Å². The van der Waals surface area contributed by atoms with Gasteiger partial charge < -0.3 is 19.6 Å². The predicted molar refractivity (Wildman–Crippen MR) is 113 cm³/mol. The molecule has 7 heteroatoms. The number of carboxylic acid groups (broad SMARTS) is 1. The highest BCUT2D eigenvalue weighted by atomic mass is 19.1. The molecule has 0 aliphatic heterocycles. The molecule has 1 heterocycles. The van der Waals surface area contributed by atoms with E-state index in [1.54, 1.807) is 48.5 Å². The van der Waals surface area contributed by atoms with Crippen LogP contribution in [0.2, 0.25) is 0 Å². The summed E-state index contributed by atoms with van der Waals surface area (Å²) >= 11 is 0. The smallest absolute Gasteiger partial charge is 0.335 e. The summed E-state index contributed by atoms with van der Waals surface area (Å²) in [7, 11) is 1.52. The molecule has 1 aromatic heterocycles. The van der Waals surface area contributed by atoms with Crippen LogP contribution in [-0.4, -0.2) is 24.0 Å². The first kappa shape index (κ1) is 20.2. The average Bonchev–Trinajstić information content (AvgIpc) is 3.16. The van der Waals surface area contributed by atoms with Crippen LogP contribution >= 0.6 is 0 Å². The Hall–Kier alpha value is -4.13. The van der Waals surface area contributed by atoms with Crippen LogP contribution < -0.4 is 10.1 Å².